The predicted octanol–water partition coefficient (Wildman–Crippen LogP) is 5.24. The highest BCUT2D eigenvalue weighted by molar-refractivity contribution is 8.03. The van der Waals surface area contributed by atoms with Crippen molar-refractivity contribution < 1.29 is 4.79 Å². The van der Waals surface area contributed by atoms with Gasteiger partial charge in [-0.05, 0) is 35.7 Å². The van der Waals surface area contributed by atoms with Gasteiger partial charge in [-0.2, -0.15) is 0 Å². The molecule has 0 spiro atoms. The Labute approximate surface area is 141 Å². The number of thioether (sulfide) groups is 1. The number of benzene rings is 1. The van der Waals surface area contributed by atoms with E-state index in [-0.39, 0.29) is 5.91 Å². The van der Waals surface area contributed by atoms with Crippen LogP contribution in [0.4, 0.5) is 0 Å². The molecule has 0 aliphatic carbocycles. The van der Waals surface area contributed by atoms with E-state index in [1.165, 1.54) is 0 Å². The molecule has 1 aromatic heterocycles. The summed E-state index contributed by atoms with van der Waals surface area (Å²) in [5, 5.41) is 3.91. The number of thiophene rings is 1. The standard InChI is InChI=1S/C15H11Cl2NOS2/c16-10-3-4-12(13(17)8-10)15(19)18-5-7-21-14(18)9-11-2-1-6-20-11/h1-4,6,8-9H,5,7H2/b14-9+. The largest absolute Gasteiger partial charge is 0.302 e. The number of hydrogen-bond donors (Lipinski definition) is 0. The van der Waals surface area contributed by atoms with Gasteiger partial charge in [0.2, 0.25) is 0 Å². The van der Waals surface area contributed by atoms with Gasteiger partial charge in [-0.1, -0.05) is 29.3 Å². The molecule has 0 bridgehead atoms. The van der Waals surface area contributed by atoms with Gasteiger partial charge in [-0.3, -0.25) is 4.79 Å². The van der Waals surface area contributed by atoms with Crippen LogP contribution in [0.15, 0.2) is 40.7 Å². The van der Waals surface area contributed by atoms with Crippen molar-refractivity contribution >= 4 is 58.3 Å². The maximum atomic E-state index is 12.7. The lowest BCUT2D eigenvalue weighted by Gasteiger charge is -2.17. The molecule has 3 rings (SSSR count). The van der Waals surface area contributed by atoms with Gasteiger partial charge in [0.15, 0.2) is 0 Å². The minimum atomic E-state index is -0.0792. The van der Waals surface area contributed by atoms with Gasteiger partial charge < -0.3 is 4.90 Å². The number of amides is 1. The minimum Gasteiger partial charge on any atom is -0.302 e. The zero-order valence-corrected chi connectivity index (χ0v) is 14.0. The minimum absolute atomic E-state index is 0.0792. The van der Waals surface area contributed by atoms with Crippen LogP contribution in [-0.4, -0.2) is 23.1 Å². The Morgan fingerprint density at radius 1 is 1.29 bits per heavy atom. The summed E-state index contributed by atoms with van der Waals surface area (Å²) in [4.78, 5) is 15.6. The summed E-state index contributed by atoms with van der Waals surface area (Å²) in [6, 6.07) is 9.00. The Morgan fingerprint density at radius 2 is 2.14 bits per heavy atom. The van der Waals surface area contributed by atoms with E-state index in [9.17, 15) is 4.79 Å². The fourth-order valence-electron chi connectivity index (χ4n) is 2.05. The van der Waals surface area contributed by atoms with Gasteiger partial charge in [0.05, 0.1) is 15.6 Å². The van der Waals surface area contributed by atoms with Gasteiger partial charge in [0, 0.05) is 22.2 Å². The van der Waals surface area contributed by atoms with Crippen LogP contribution in [0.25, 0.3) is 6.08 Å². The molecule has 1 amide bonds. The molecule has 1 saturated heterocycles. The topological polar surface area (TPSA) is 20.3 Å². The fraction of sp³-hybridized carbons (Fsp3) is 0.133. The third kappa shape index (κ3) is 3.29. The smallest absolute Gasteiger partial charge is 0.260 e. The van der Waals surface area contributed by atoms with Crippen LogP contribution in [0.1, 0.15) is 15.2 Å². The highest BCUT2D eigenvalue weighted by Crippen LogP contribution is 2.33. The monoisotopic (exact) mass is 355 g/mol. The Morgan fingerprint density at radius 3 is 2.86 bits per heavy atom. The zero-order chi connectivity index (χ0) is 14.8. The van der Waals surface area contributed by atoms with Crippen molar-refractivity contribution in [3.8, 4) is 0 Å². The molecule has 0 unspecified atom stereocenters. The Bertz CT molecular complexity index is 698. The first kappa shape index (κ1) is 15.0. The Hall–Kier alpha value is -0.940. The number of rotatable bonds is 2. The van der Waals surface area contributed by atoms with Crippen LogP contribution in [0.5, 0.6) is 0 Å². The molecule has 1 fully saturated rings. The number of carbonyl (C=O) groups is 1. The molecule has 2 aromatic rings. The average molecular weight is 356 g/mol. The molecule has 0 N–H and O–H groups in total. The van der Waals surface area contributed by atoms with Crippen LogP contribution in [-0.2, 0) is 0 Å². The lowest BCUT2D eigenvalue weighted by Crippen LogP contribution is -2.26. The molecule has 1 aromatic carbocycles. The lowest BCUT2D eigenvalue weighted by molar-refractivity contribution is 0.0831. The molecule has 1 aliphatic heterocycles. The highest BCUT2D eigenvalue weighted by Gasteiger charge is 2.26. The molecule has 21 heavy (non-hydrogen) atoms. The first-order chi connectivity index (χ1) is 10.1. The van der Waals surface area contributed by atoms with Gasteiger partial charge in [-0.15, -0.1) is 23.1 Å². The summed E-state index contributed by atoms with van der Waals surface area (Å²) in [6.07, 6.45) is 2.05. The molecular formula is C15H11Cl2NOS2. The zero-order valence-electron chi connectivity index (χ0n) is 10.9. The number of nitrogens with zero attached hydrogens (tertiary/aromatic N) is 1. The summed E-state index contributed by atoms with van der Waals surface area (Å²) < 4.78 is 0. The van der Waals surface area contributed by atoms with E-state index >= 15 is 0 Å². The second-order valence-electron chi connectivity index (χ2n) is 4.43. The Kier molecular flexibility index (Phi) is 4.60. The van der Waals surface area contributed by atoms with Crippen molar-refractivity contribution in [3.05, 3.63) is 61.2 Å². The van der Waals surface area contributed by atoms with E-state index in [0.717, 1.165) is 15.7 Å². The summed E-state index contributed by atoms with van der Waals surface area (Å²) in [7, 11) is 0. The molecule has 2 heterocycles. The van der Waals surface area contributed by atoms with E-state index in [0.29, 0.717) is 22.2 Å². The second-order valence-corrected chi connectivity index (χ2v) is 7.37. The first-order valence-corrected chi connectivity index (χ1v) is 8.92. The maximum absolute atomic E-state index is 12.7. The van der Waals surface area contributed by atoms with Crippen LogP contribution in [0.3, 0.4) is 0 Å². The normalized spacial score (nSPS) is 16.7. The quantitative estimate of drug-likeness (QED) is 0.733. The van der Waals surface area contributed by atoms with Gasteiger partial charge in [0.1, 0.15) is 0 Å². The van der Waals surface area contributed by atoms with E-state index in [1.54, 1.807) is 46.2 Å². The van der Waals surface area contributed by atoms with Crippen LogP contribution < -0.4 is 0 Å². The molecule has 6 heteroatoms. The van der Waals surface area contributed by atoms with E-state index in [2.05, 4.69) is 0 Å². The highest BCUT2D eigenvalue weighted by atomic mass is 35.5. The van der Waals surface area contributed by atoms with Gasteiger partial charge in [0.25, 0.3) is 5.91 Å². The summed E-state index contributed by atoms with van der Waals surface area (Å²) >= 11 is 15.4. The molecular weight excluding hydrogens is 345 g/mol. The summed E-state index contributed by atoms with van der Waals surface area (Å²) in [6.45, 7) is 0.694. The van der Waals surface area contributed by atoms with Crippen molar-refractivity contribution in [1.82, 2.24) is 4.90 Å². The van der Waals surface area contributed by atoms with Crippen molar-refractivity contribution in [1.29, 1.82) is 0 Å². The molecule has 108 valence electrons. The lowest BCUT2D eigenvalue weighted by atomic mass is 10.2. The van der Waals surface area contributed by atoms with E-state index in [1.807, 2.05) is 23.6 Å². The van der Waals surface area contributed by atoms with E-state index in [4.69, 9.17) is 23.2 Å². The summed E-state index contributed by atoms with van der Waals surface area (Å²) in [5.74, 6) is 0.818. The number of carbonyl (C=O) groups excluding carboxylic acids is 1. The van der Waals surface area contributed by atoms with Crippen molar-refractivity contribution in [2.45, 2.75) is 0 Å². The molecule has 0 atom stereocenters. The number of hydrogen-bond acceptors (Lipinski definition) is 3. The van der Waals surface area contributed by atoms with Crippen molar-refractivity contribution in [3.63, 3.8) is 0 Å². The van der Waals surface area contributed by atoms with Crippen LogP contribution >= 0.6 is 46.3 Å². The second kappa shape index (κ2) is 6.44. The summed E-state index contributed by atoms with van der Waals surface area (Å²) in [5.41, 5.74) is 0.487. The molecule has 2 nitrogen and oxygen atoms in total. The third-order valence-corrected chi connectivity index (χ3v) is 5.43. The van der Waals surface area contributed by atoms with Gasteiger partial charge in [-0.25, -0.2) is 0 Å². The number of halogens is 2. The maximum Gasteiger partial charge on any atom is 0.260 e. The predicted molar refractivity (Wildman–Crippen MR) is 92.3 cm³/mol. The van der Waals surface area contributed by atoms with Crippen LogP contribution in [0.2, 0.25) is 10.0 Å². The molecule has 0 saturated carbocycles. The molecule has 1 aliphatic rings. The molecule has 0 radical (unpaired) electrons. The van der Waals surface area contributed by atoms with Crippen molar-refractivity contribution in [2.75, 3.05) is 12.3 Å². The SMILES string of the molecule is O=C(c1ccc(Cl)cc1Cl)N1CCS/C1=C/c1cccs1. The third-order valence-electron chi connectivity index (χ3n) is 3.05. The fourth-order valence-corrected chi connectivity index (χ4v) is 4.29. The Balaban J connectivity index is 1.90. The van der Waals surface area contributed by atoms with Crippen molar-refractivity contribution in [2.24, 2.45) is 0 Å². The average Bonchev–Trinajstić information content (AvgIpc) is 3.10. The van der Waals surface area contributed by atoms with Crippen LogP contribution in [0, 0.1) is 0 Å². The first-order valence-electron chi connectivity index (χ1n) is 6.30. The van der Waals surface area contributed by atoms with E-state index < -0.39 is 0 Å². The van der Waals surface area contributed by atoms with Gasteiger partial charge >= 0.3 is 0 Å².